The molecule has 0 radical (unpaired) electrons. The Morgan fingerprint density at radius 2 is 1.90 bits per heavy atom. The quantitative estimate of drug-likeness (QED) is 0.653. The first kappa shape index (κ1) is 21.5. The summed E-state index contributed by atoms with van der Waals surface area (Å²) < 4.78 is 11.8. The van der Waals surface area contributed by atoms with Crippen LogP contribution in [0.3, 0.4) is 0 Å². The van der Waals surface area contributed by atoms with Gasteiger partial charge in [-0.1, -0.05) is 6.07 Å². The molecule has 1 atom stereocenters. The van der Waals surface area contributed by atoms with Crippen molar-refractivity contribution < 1.29 is 19.1 Å². The molecule has 0 bridgehead atoms. The Morgan fingerprint density at radius 3 is 2.65 bits per heavy atom. The number of nitrogens with two attached hydrogens (primary N) is 1. The molecule has 1 heterocycles. The highest BCUT2D eigenvalue weighted by Gasteiger charge is 2.26. The van der Waals surface area contributed by atoms with E-state index in [4.69, 9.17) is 20.0 Å². The highest BCUT2D eigenvalue weighted by Crippen LogP contribution is 2.36. The number of carbonyl (C=O) groups excluding carboxylic acids is 1. The van der Waals surface area contributed by atoms with Crippen LogP contribution in [0.2, 0.25) is 0 Å². The van der Waals surface area contributed by atoms with Crippen molar-refractivity contribution in [1.82, 2.24) is 5.06 Å². The summed E-state index contributed by atoms with van der Waals surface area (Å²) in [5.74, 6) is 1.72. The number of hydroxylamine groups is 2. The van der Waals surface area contributed by atoms with E-state index in [0.29, 0.717) is 18.8 Å². The SMILES string of the molecule is COc1ccc(C2CCON(CC(=O)Nc3ccc(N)cc3)C2)cc1OC1CCCC1. The molecule has 1 aliphatic carbocycles. The fourth-order valence-electron chi connectivity index (χ4n) is 4.25. The average Bonchev–Trinajstić information content (AvgIpc) is 3.28. The molecule has 0 spiro atoms. The van der Waals surface area contributed by atoms with Crippen molar-refractivity contribution in [3.05, 3.63) is 48.0 Å². The van der Waals surface area contributed by atoms with Gasteiger partial charge in [0.05, 0.1) is 19.8 Å². The lowest BCUT2D eigenvalue weighted by Crippen LogP contribution is -2.40. The van der Waals surface area contributed by atoms with Gasteiger partial charge in [-0.05, 0) is 74.1 Å². The number of nitrogens with zero attached hydrogens (tertiary/aromatic N) is 1. The van der Waals surface area contributed by atoms with Gasteiger partial charge in [-0.3, -0.25) is 9.63 Å². The number of hydrogen-bond acceptors (Lipinski definition) is 6. The summed E-state index contributed by atoms with van der Waals surface area (Å²) in [6.45, 7) is 1.39. The van der Waals surface area contributed by atoms with E-state index < -0.39 is 0 Å². The molecule has 166 valence electrons. The Bertz CT molecular complexity index is 881. The molecule has 1 amide bonds. The van der Waals surface area contributed by atoms with Crippen LogP contribution in [-0.2, 0) is 9.63 Å². The van der Waals surface area contributed by atoms with Crippen LogP contribution < -0.4 is 20.5 Å². The molecule has 0 aromatic heterocycles. The van der Waals surface area contributed by atoms with Gasteiger partial charge in [0.25, 0.3) is 0 Å². The third kappa shape index (κ3) is 5.68. The zero-order valence-corrected chi connectivity index (χ0v) is 18.0. The second-order valence-electron chi connectivity index (χ2n) is 8.25. The third-order valence-electron chi connectivity index (χ3n) is 5.93. The highest BCUT2D eigenvalue weighted by atomic mass is 16.7. The highest BCUT2D eigenvalue weighted by molar-refractivity contribution is 5.92. The minimum absolute atomic E-state index is 0.120. The Hall–Kier alpha value is -2.77. The van der Waals surface area contributed by atoms with Crippen molar-refractivity contribution in [3.8, 4) is 11.5 Å². The number of nitrogens with one attached hydrogen (secondary N) is 1. The summed E-state index contributed by atoms with van der Waals surface area (Å²) >= 11 is 0. The molecule has 31 heavy (non-hydrogen) atoms. The van der Waals surface area contributed by atoms with Gasteiger partial charge in [-0.25, -0.2) is 0 Å². The lowest BCUT2D eigenvalue weighted by molar-refractivity contribution is -0.186. The standard InChI is InChI=1S/C24H31N3O4/c1-29-22-11-6-17(14-23(22)31-21-4-2-3-5-21)18-12-13-30-27(15-18)16-24(28)26-20-9-7-19(25)8-10-20/h6-11,14,18,21H,2-5,12-13,15-16,25H2,1H3,(H,26,28). The Labute approximate surface area is 183 Å². The molecule has 4 rings (SSSR count). The number of carbonyl (C=O) groups is 1. The van der Waals surface area contributed by atoms with Crippen LogP contribution >= 0.6 is 0 Å². The zero-order chi connectivity index (χ0) is 21.6. The molecule has 2 fully saturated rings. The average molecular weight is 426 g/mol. The van der Waals surface area contributed by atoms with Gasteiger partial charge in [0, 0.05) is 23.8 Å². The molecule has 1 aliphatic heterocycles. The number of anilines is 2. The number of hydrogen-bond donors (Lipinski definition) is 2. The molecule has 2 aromatic rings. The van der Waals surface area contributed by atoms with Gasteiger partial charge in [-0.2, -0.15) is 5.06 Å². The number of nitrogen functional groups attached to an aromatic ring is 1. The Kier molecular flexibility index (Phi) is 6.94. The fourth-order valence-corrected chi connectivity index (χ4v) is 4.25. The van der Waals surface area contributed by atoms with E-state index in [2.05, 4.69) is 17.4 Å². The van der Waals surface area contributed by atoms with Gasteiger partial charge in [0.2, 0.25) is 5.91 Å². The lowest BCUT2D eigenvalue weighted by atomic mass is 9.94. The molecule has 1 saturated carbocycles. The van der Waals surface area contributed by atoms with Crippen molar-refractivity contribution in [2.75, 3.05) is 37.9 Å². The number of rotatable bonds is 7. The Morgan fingerprint density at radius 1 is 1.13 bits per heavy atom. The van der Waals surface area contributed by atoms with E-state index in [1.807, 2.05) is 6.07 Å². The predicted molar refractivity (Wildman–Crippen MR) is 120 cm³/mol. The number of amides is 1. The predicted octanol–water partition coefficient (Wildman–Crippen LogP) is 3.96. The van der Waals surface area contributed by atoms with Gasteiger partial charge in [-0.15, -0.1) is 0 Å². The van der Waals surface area contributed by atoms with Gasteiger partial charge in [0.15, 0.2) is 11.5 Å². The molecule has 1 unspecified atom stereocenters. The van der Waals surface area contributed by atoms with Gasteiger partial charge >= 0.3 is 0 Å². The van der Waals surface area contributed by atoms with Crippen LogP contribution in [0.15, 0.2) is 42.5 Å². The molecule has 3 N–H and O–H groups in total. The minimum atomic E-state index is -0.120. The largest absolute Gasteiger partial charge is 0.493 e. The summed E-state index contributed by atoms with van der Waals surface area (Å²) in [7, 11) is 1.67. The van der Waals surface area contributed by atoms with E-state index in [-0.39, 0.29) is 24.5 Å². The maximum Gasteiger partial charge on any atom is 0.240 e. The number of methoxy groups -OCH3 is 1. The smallest absolute Gasteiger partial charge is 0.240 e. The second-order valence-corrected chi connectivity index (χ2v) is 8.25. The van der Waals surface area contributed by atoms with Crippen LogP contribution in [0.25, 0.3) is 0 Å². The normalized spacial score (nSPS) is 19.8. The van der Waals surface area contributed by atoms with Crippen molar-refractivity contribution in [2.45, 2.75) is 44.1 Å². The number of ether oxygens (including phenoxy) is 2. The number of benzene rings is 2. The summed E-state index contributed by atoms with van der Waals surface area (Å²) in [5.41, 5.74) is 8.26. The topological polar surface area (TPSA) is 86.1 Å². The third-order valence-corrected chi connectivity index (χ3v) is 5.93. The molecule has 7 heteroatoms. The van der Waals surface area contributed by atoms with Crippen molar-refractivity contribution in [2.24, 2.45) is 0 Å². The van der Waals surface area contributed by atoms with E-state index in [0.717, 1.165) is 36.4 Å². The van der Waals surface area contributed by atoms with Gasteiger partial charge < -0.3 is 20.5 Å². The maximum atomic E-state index is 12.4. The van der Waals surface area contributed by atoms with Gasteiger partial charge in [0.1, 0.15) is 6.54 Å². The fraction of sp³-hybridized carbons (Fsp3) is 0.458. The minimum Gasteiger partial charge on any atom is -0.493 e. The summed E-state index contributed by atoms with van der Waals surface area (Å²) in [4.78, 5) is 18.2. The molecule has 2 aliphatic rings. The van der Waals surface area contributed by atoms with Crippen LogP contribution in [0.1, 0.15) is 43.6 Å². The van der Waals surface area contributed by atoms with E-state index in [1.165, 1.54) is 18.4 Å². The summed E-state index contributed by atoms with van der Waals surface area (Å²) in [5, 5.41) is 4.62. The second kappa shape index (κ2) is 10.0. The first-order valence-electron chi connectivity index (χ1n) is 11.0. The van der Waals surface area contributed by atoms with Crippen LogP contribution in [0.5, 0.6) is 11.5 Å². The summed E-state index contributed by atoms with van der Waals surface area (Å²) in [6, 6.07) is 13.3. The van der Waals surface area contributed by atoms with Crippen molar-refractivity contribution in [3.63, 3.8) is 0 Å². The van der Waals surface area contributed by atoms with E-state index >= 15 is 0 Å². The van der Waals surface area contributed by atoms with Crippen LogP contribution in [-0.4, -0.2) is 43.9 Å². The van der Waals surface area contributed by atoms with E-state index in [1.54, 1.807) is 36.4 Å². The molecule has 7 nitrogen and oxygen atoms in total. The molecule has 1 saturated heterocycles. The van der Waals surface area contributed by atoms with Crippen molar-refractivity contribution in [1.29, 1.82) is 0 Å². The first-order chi connectivity index (χ1) is 15.1. The lowest BCUT2D eigenvalue weighted by Gasteiger charge is -2.32. The maximum absolute atomic E-state index is 12.4. The van der Waals surface area contributed by atoms with Crippen LogP contribution in [0.4, 0.5) is 11.4 Å². The van der Waals surface area contributed by atoms with Crippen molar-refractivity contribution >= 4 is 17.3 Å². The zero-order valence-electron chi connectivity index (χ0n) is 18.0. The molecule has 2 aromatic carbocycles. The first-order valence-corrected chi connectivity index (χ1v) is 11.0. The summed E-state index contributed by atoms with van der Waals surface area (Å²) in [6.07, 6.45) is 5.81. The Balaban J connectivity index is 1.38. The monoisotopic (exact) mass is 425 g/mol. The molecular weight excluding hydrogens is 394 g/mol. The molecular formula is C24H31N3O4. The van der Waals surface area contributed by atoms with E-state index in [9.17, 15) is 4.79 Å². The van der Waals surface area contributed by atoms with Crippen LogP contribution in [0, 0.1) is 0 Å².